The molecule has 0 bridgehead atoms. The summed E-state index contributed by atoms with van der Waals surface area (Å²) in [6, 6.07) is 4.00. The maximum Gasteiger partial charge on any atom is 0.224 e. The maximum absolute atomic E-state index is 9.82. The summed E-state index contributed by atoms with van der Waals surface area (Å²) in [5, 5.41) is 18.2. The number of aromatic amines is 1. The molecular weight excluding hydrogens is 318 g/mol. The van der Waals surface area contributed by atoms with Gasteiger partial charge in [-0.3, -0.25) is 0 Å². The number of hydrogen-bond acceptors (Lipinski definition) is 6. The second-order valence-electron chi connectivity index (χ2n) is 6.85. The molecule has 4 aromatic heterocycles. The Morgan fingerprint density at radius 2 is 2.20 bits per heavy atom. The summed E-state index contributed by atoms with van der Waals surface area (Å²) >= 11 is 0. The predicted octanol–water partition coefficient (Wildman–Crippen LogP) is 1.99. The zero-order valence-corrected chi connectivity index (χ0v) is 13.6. The number of nitrogens with zero attached hydrogens (tertiary/aromatic N) is 5. The molecule has 5 rings (SSSR count). The van der Waals surface area contributed by atoms with Gasteiger partial charge in [-0.25, -0.2) is 14.5 Å². The molecule has 4 heterocycles. The summed E-state index contributed by atoms with van der Waals surface area (Å²) in [5.74, 6) is 0.570. The number of aromatic nitrogens is 6. The van der Waals surface area contributed by atoms with Crippen LogP contribution in [-0.2, 0) is 0 Å². The van der Waals surface area contributed by atoms with Crippen molar-refractivity contribution in [3.8, 4) is 11.3 Å². The minimum absolute atomic E-state index is 0.216. The molecule has 1 saturated carbocycles. The smallest absolute Gasteiger partial charge is 0.224 e. The van der Waals surface area contributed by atoms with Crippen molar-refractivity contribution >= 4 is 22.6 Å². The van der Waals surface area contributed by atoms with Crippen molar-refractivity contribution in [3.05, 3.63) is 36.9 Å². The van der Waals surface area contributed by atoms with Crippen molar-refractivity contribution in [1.82, 2.24) is 29.5 Å². The molecule has 0 spiro atoms. The van der Waals surface area contributed by atoms with E-state index in [2.05, 4.69) is 30.4 Å². The Kier molecular flexibility index (Phi) is 2.87. The van der Waals surface area contributed by atoms with Crippen molar-refractivity contribution in [1.29, 1.82) is 0 Å². The van der Waals surface area contributed by atoms with Crippen LogP contribution < -0.4 is 5.32 Å². The quantitative estimate of drug-likeness (QED) is 0.529. The molecule has 3 N–H and O–H groups in total. The molecule has 25 heavy (non-hydrogen) atoms. The van der Waals surface area contributed by atoms with Gasteiger partial charge in [-0.2, -0.15) is 10.1 Å². The number of H-pyrrole nitrogens is 1. The molecule has 0 saturated heterocycles. The van der Waals surface area contributed by atoms with Gasteiger partial charge in [-0.15, -0.1) is 0 Å². The standard InChI is InChI=1S/C17H17N7O/c1-17(25)6-10(7-17)21-16-19-9-12-11(8-18-15(12)23-16)13-3-5-24-14(22-13)2-4-20-24/h2-5,8-10,25H,6-7H2,1H3,(H2,18,19,21,23)/t10-,17-. The van der Waals surface area contributed by atoms with E-state index in [1.54, 1.807) is 16.9 Å². The predicted molar refractivity (Wildman–Crippen MR) is 93.1 cm³/mol. The van der Waals surface area contributed by atoms with Gasteiger partial charge in [0.1, 0.15) is 5.65 Å². The molecule has 0 aliphatic heterocycles. The van der Waals surface area contributed by atoms with E-state index in [0.29, 0.717) is 18.8 Å². The molecule has 0 unspecified atom stereocenters. The lowest BCUT2D eigenvalue weighted by Crippen LogP contribution is -2.48. The van der Waals surface area contributed by atoms with Crippen LogP contribution in [0.5, 0.6) is 0 Å². The van der Waals surface area contributed by atoms with E-state index in [-0.39, 0.29) is 6.04 Å². The number of rotatable bonds is 3. The highest BCUT2D eigenvalue weighted by atomic mass is 16.3. The average Bonchev–Trinajstić information content (AvgIpc) is 3.18. The van der Waals surface area contributed by atoms with Gasteiger partial charge in [-0.1, -0.05) is 0 Å². The molecule has 0 atom stereocenters. The van der Waals surface area contributed by atoms with Crippen LogP contribution in [0.2, 0.25) is 0 Å². The normalized spacial score (nSPS) is 23.0. The van der Waals surface area contributed by atoms with Crippen LogP contribution >= 0.6 is 0 Å². The van der Waals surface area contributed by atoms with Crippen LogP contribution in [0.25, 0.3) is 27.9 Å². The highest BCUT2D eigenvalue weighted by Gasteiger charge is 2.38. The van der Waals surface area contributed by atoms with Crippen molar-refractivity contribution < 1.29 is 5.11 Å². The van der Waals surface area contributed by atoms with Gasteiger partial charge >= 0.3 is 0 Å². The number of aliphatic hydroxyl groups is 1. The second-order valence-corrected chi connectivity index (χ2v) is 6.85. The molecular formula is C17H17N7O. The molecule has 8 heteroatoms. The number of hydrogen-bond donors (Lipinski definition) is 3. The Labute approximate surface area is 143 Å². The second kappa shape index (κ2) is 5.00. The van der Waals surface area contributed by atoms with E-state index >= 15 is 0 Å². The van der Waals surface area contributed by atoms with Crippen molar-refractivity contribution in [2.24, 2.45) is 0 Å². The Morgan fingerprint density at radius 3 is 3.04 bits per heavy atom. The summed E-state index contributed by atoms with van der Waals surface area (Å²) in [7, 11) is 0. The molecule has 1 fully saturated rings. The van der Waals surface area contributed by atoms with Crippen LogP contribution in [-0.4, -0.2) is 46.3 Å². The summed E-state index contributed by atoms with van der Waals surface area (Å²) in [5.41, 5.74) is 2.78. The van der Waals surface area contributed by atoms with Crippen molar-refractivity contribution in [2.45, 2.75) is 31.4 Å². The first-order chi connectivity index (χ1) is 12.1. The summed E-state index contributed by atoms with van der Waals surface area (Å²) in [6.07, 6.45) is 8.72. The first kappa shape index (κ1) is 14.4. The fourth-order valence-corrected chi connectivity index (χ4v) is 3.44. The Balaban J connectivity index is 1.46. The molecule has 0 amide bonds. The van der Waals surface area contributed by atoms with Gasteiger partial charge in [-0.05, 0) is 25.8 Å². The summed E-state index contributed by atoms with van der Waals surface area (Å²) < 4.78 is 1.73. The van der Waals surface area contributed by atoms with Crippen LogP contribution in [0.3, 0.4) is 0 Å². The fraction of sp³-hybridized carbons (Fsp3) is 0.294. The van der Waals surface area contributed by atoms with Gasteiger partial charge < -0.3 is 15.4 Å². The molecule has 8 nitrogen and oxygen atoms in total. The van der Waals surface area contributed by atoms with E-state index < -0.39 is 5.60 Å². The third kappa shape index (κ3) is 2.42. The third-order valence-corrected chi connectivity index (χ3v) is 4.67. The van der Waals surface area contributed by atoms with E-state index in [1.807, 2.05) is 31.5 Å². The maximum atomic E-state index is 9.82. The number of anilines is 1. The first-order valence-electron chi connectivity index (χ1n) is 8.21. The average molecular weight is 335 g/mol. The summed E-state index contributed by atoms with van der Waals surface area (Å²) in [4.78, 5) is 16.8. The first-order valence-corrected chi connectivity index (χ1v) is 8.21. The number of nitrogens with one attached hydrogen (secondary N) is 2. The van der Waals surface area contributed by atoms with E-state index in [9.17, 15) is 5.11 Å². The van der Waals surface area contributed by atoms with Crippen LogP contribution in [0.1, 0.15) is 19.8 Å². The highest BCUT2D eigenvalue weighted by molar-refractivity contribution is 5.92. The minimum atomic E-state index is -0.570. The Hall–Kier alpha value is -3.00. The molecule has 4 aromatic rings. The molecule has 0 aromatic carbocycles. The SMILES string of the molecule is C[C@]1(O)C[C@H](Nc2ncc3c(-c4ccn5nccc5n4)c[nH]c3n2)C1. The number of fused-ring (bicyclic) bond motifs is 2. The monoisotopic (exact) mass is 335 g/mol. The zero-order valence-electron chi connectivity index (χ0n) is 13.6. The van der Waals surface area contributed by atoms with Crippen molar-refractivity contribution in [2.75, 3.05) is 5.32 Å². The molecule has 1 aliphatic rings. The van der Waals surface area contributed by atoms with Crippen LogP contribution in [0, 0.1) is 0 Å². The van der Waals surface area contributed by atoms with Crippen LogP contribution in [0.15, 0.2) is 36.9 Å². The van der Waals surface area contributed by atoms with Gasteiger partial charge in [0, 0.05) is 41.6 Å². The van der Waals surface area contributed by atoms with Gasteiger partial charge in [0.25, 0.3) is 0 Å². The van der Waals surface area contributed by atoms with Gasteiger partial charge in [0.15, 0.2) is 5.65 Å². The largest absolute Gasteiger partial charge is 0.390 e. The Bertz CT molecular complexity index is 1070. The van der Waals surface area contributed by atoms with Crippen LogP contribution in [0.4, 0.5) is 5.95 Å². The third-order valence-electron chi connectivity index (χ3n) is 4.67. The summed E-state index contributed by atoms with van der Waals surface area (Å²) in [6.45, 7) is 1.84. The van der Waals surface area contributed by atoms with Crippen molar-refractivity contribution in [3.63, 3.8) is 0 Å². The molecule has 0 radical (unpaired) electrons. The highest BCUT2D eigenvalue weighted by Crippen LogP contribution is 2.33. The topological polar surface area (TPSA) is 104 Å². The molecule has 126 valence electrons. The Morgan fingerprint density at radius 1 is 1.32 bits per heavy atom. The van der Waals surface area contributed by atoms with Gasteiger partial charge in [0.05, 0.1) is 17.5 Å². The molecule has 1 aliphatic carbocycles. The van der Waals surface area contributed by atoms with E-state index in [1.165, 1.54) is 0 Å². The van der Waals surface area contributed by atoms with E-state index in [0.717, 1.165) is 27.9 Å². The van der Waals surface area contributed by atoms with Gasteiger partial charge in [0.2, 0.25) is 5.95 Å². The lowest BCUT2D eigenvalue weighted by molar-refractivity contribution is -0.0235. The lowest BCUT2D eigenvalue weighted by Gasteiger charge is -2.41. The van der Waals surface area contributed by atoms with E-state index in [4.69, 9.17) is 0 Å². The zero-order chi connectivity index (χ0) is 17.0. The lowest BCUT2D eigenvalue weighted by atomic mass is 9.77. The fourth-order valence-electron chi connectivity index (χ4n) is 3.44. The minimum Gasteiger partial charge on any atom is -0.390 e.